The predicted octanol–water partition coefficient (Wildman–Crippen LogP) is 2.04. The molecule has 0 radical (unpaired) electrons. The van der Waals surface area contributed by atoms with Crippen molar-refractivity contribution in [3.05, 3.63) is 29.8 Å². The summed E-state index contributed by atoms with van der Waals surface area (Å²) < 4.78 is 0. The van der Waals surface area contributed by atoms with Crippen molar-refractivity contribution in [2.24, 2.45) is 0 Å². The molecule has 0 atom stereocenters. The first-order chi connectivity index (χ1) is 11.1. The maximum Gasteiger partial charge on any atom is 0.319 e. The second kappa shape index (κ2) is 8.53. The fourth-order valence-corrected chi connectivity index (χ4v) is 2.24. The topological polar surface area (TPSA) is 73.5 Å². The highest BCUT2D eigenvalue weighted by Crippen LogP contribution is 2.19. The van der Waals surface area contributed by atoms with Crippen LogP contribution in [-0.4, -0.2) is 49.1 Å². The molecule has 0 aromatic heterocycles. The SMILES string of the molecule is CCN(CC)CCNC(=O)Nc1ccc(C(=O)NC2CC2)cc1. The van der Waals surface area contributed by atoms with Crippen LogP contribution in [0.15, 0.2) is 24.3 Å². The summed E-state index contributed by atoms with van der Waals surface area (Å²) in [6.45, 7) is 7.60. The molecule has 126 valence electrons. The van der Waals surface area contributed by atoms with Crippen molar-refractivity contribution in [2.45, 2.75) is 32.7 Å². The van der Waals surface area contributed by atoms with Gasteiger partial charge >= 0.3 is 6.03 Å². The van der Waals surface area contributed by atoms with Crippen molar-refractivity contribution in [1.29, 1.82) is 0 Å². The molecule has 1 aromatic rings. The minimum atomic E-state index is -0.229. The van der Waals surface area contributed by atoms with Crippen LogP contribution in [-0.2, 0) is 0 Å². The van der Waals surface area contributed by atoms with Crippen LogP contribution in [0.4, 0.5) is 10.5 Å². The maximum absolute atomic E-state index is 11.9. The van der Waals surface area contributed by atoms with Gasteiger partial charge in [-0.15, -0.1) is 0 Å². The van der Waals surface area contributed by atoms with E-state index >= 15 is 0 Å². The van der Waals surface area contributed by atoms with E-state index in [0.717, 1.165) is 32.5 Å². The van der Waals surface area contributed by atoms with E-state index < -0.39 is 0 Å². The Kier molecular flexibility index (Phi) is 6.40. The highest BCUT2D eigenvalue weighted by Gasteiger charge is 2.23. The lowest BCUT2D eigenvalue weighted by molar-refractivity contribution is 0.0951. The largest absolute Gasteiger partial charge is 0.349 e. The van der Waals surface area contributed by atoms with Crippen molar-refractivity contribution in [3.63, 3.8) is 0 Å². The summed E-state index contributed by atoms with van der Waals surface area (Å²) in [5.41, 5.74) is 1.29. The third kappa shape index (κ3) is 5.90. The smallest absolute Gasteiger partial charge is 0.319 e. The molecular weight excluding hydrogens is 292 g/mol. The van der Waals surface area contributed by atoms with Gasteiger partial charge in [-0.1, -0.05) is 13.8 Å². The maximum atomic E-state index is 11.9. The molecule has 23 heavy (non-hydrogen) atoms. The van der Waals surface area contributed by atoms with Gasteiger partial charge in [-0.25, -0.2) is 4.79 Å². The zero-order valence-corrected chi connectivity index (χ0v) is 13.9. The van der Waals surface area contributed by atoms with Gasteiger partial charge in [0.1, 0.15) is 0 Å². The quantitative estimate of drug-likeness (QED) is 0.687. The predicted molar refractivity (Wildman–Crippen MR) is 91.7 cm³/mol. The summed E-state index contributed by atoms with van der Waals surface area (Å²) in [6.07, 6.45) is 2.14. The first-order valence-electron chi connectivity index (χ1n) is 8.30. The zero-order valence-electron chi connectivity index (χ0n) is 13.9. The molecule has 0 bridgehead atoms. The van der Waals surface area contributed by atoms with Gasteiger partial charge in [-0.2, -0.15) is 0 Å². The average molecular weight is 318 g/mol. The molecule has 6 nitrogen and oxygen atoms in total. The van der Waals surface area contributed by atoms with Crippen molar-refractivity contribution in [1.82, 2.24) is 15.5 Å². The van der Waals surface area contributed by atoms with E-state index in [1.165, 1.54) is 0 Å². The summed E-state index contributed by atoms with van der Waals surface area (Å²) in [7, 11) is 0. The van der Waals surface area contributed by atoms with E-state index in [-0.39, 0.29) is 11.9 Å². The summed E-state index contributed by atoms with van der Waals surface area (Å²) in [4.78, 5) is 25.9. The second-order valence-corrected chi connectivity index (χ2v) is 5.73. The molecule has 1 aliphatic rings. The van der Waals surface area contributed by atoms with Gasteiger partial charge in [0.15, 0.2) is 0 Å². The Morgan fingerprint density at radius 2 is 1.78 bits per heavy atom. The molecule has 3 N–H and O–H groups in total. The number of hydrogen-bond acceptors (Lipinski definition) is 3. The van der Waals surface area contributed by atoms with Crippen molar-refractivity contribution in [2.75, 3.05) is 31.5 Å². The van der Waals surface area contributed by atoms with Crippen molar-refractivity contribution >= 4 is 17.6 Å². The van der Waals surface area contributed by atoms with Gasteiger partial charge < -0.3 is 20.9 Å². The zero-order chi connectivity index (χ0) is 16.7. The van der Waals surface area contributed by atoms with Crippen LogP contribution in [0.2, 0.25) is 0 Å². The number of nitrogens with zero attached hydrogens (tertiary/aromatic N) is 1. The molecule has 0 aliphatic heterocycles. The summed E-state index contributed by atoms with van der Waals surface area (Å²) in [5, 5.41) is 8.54. The lowest BCUT2D eigenvalue weighted by Crippen LogP contribution is -2.36. The Balaban J connectivity index is 1.73. The van der Waals surface area contributed by atoms with Gasteiger partial charge in [0.05, 0.1) is 0 Å². The summed E-state index contributed by atoms with van der Waals surface area (Å²) in [6, 6.07) is 7.05. The van der Waals surface area contributed by atoms with Crippen molar-refractivity contribution in [3.8, 4) is 0 Å². The lowest BCUT2D eigenvalue weighted by Gasteiger charge is -2.18. The highest BCUT2D eigenvalue weighted by molar-refractivity contribution is 5.95. The number of carbonyl (C=O) groups is 2. The van der Waals surface area contributed by atoms with E-state index in [4.69, 9.17) is 0 Å². The molecule has 0 spiro atoms. The molecule has 0 heterocycles. The average Bonchev–Trinajstić information content (AvgIpc) is 3.36. The normalized spacial score (nSPS) is 13.7. The van der Waals surface area contributed by atoms with Crippen LogP contribution < -0.4 is 16.0 Å². The van der Waals surface area contributed by atoms with Gasteiger partial charge in [-0.05, 0) is 50.2 Å². The van der Waals surface area contributed by atoms with Gasteiger partial charge in [0.25, 0.3) is 5.91 Å². The number of nitrogens with one attached hydrogen (secondary N) is 3. The standard InChI is InChI=1S/C17H26N4O2/c1-3-21(4-2)12-11-18-17(23)20-15-7-5-13(6-8-15)16(22)19-14-9-10-14/h5-8,14H,3-4,9-12H2,1-2H3,(H,19,22)(H2,18,20,23). The van der Waals surface area contributed by atoms with Gasteiger partial charge in [-0.3, -0.25) is 4.79 Å². The molecule has 1 aliphatic carbocycles. The fraction of sp³-hybridized carbons (Fsp3) is 0.529. The minimum absolute atomic E-state index is 0.0530. The van der Waals surface area contributed by atoms with Crippen LogP contribution in [0.1, 0.15) is 37.0 Å². The first kappa shape index (κ1) is 17.3. The van der Waals surface area contributed by atoms with E-state index in [9.17, 15) is 9.59 Å². The number of hydrogen-bond donors (Lipinski definition) is 3. The second-order valence-electron chi connectivity index (χ2n) is 5.73. The first-order valence-corrected chi connectivity index (χ1v) is 8.30. The van der Waals surface area contributed by atoms with E-state index in [0.29, 0.717) is 23.8 Å². The number of amides is 3. The van der Waals surface area contributed by atoms with Crippen LogP contribution in [0.25, 0.3) is 0 Å². The Bertz CT molecular complexity index is 522. The molecular formula is C17H26N4O2. The number of rotatable bonds is 8. The van der Waals surface area contributed by atoms with Crippen LogP contribution in [0.3, 0.4) is 0 Å². The lowest BCUT2D eigenvalue weighted by atomic mass is 10.2. The molecule has 1 fully saturated rings. The van der Waals surface area contributed by atoms with Crippen LogP contribution in [0, 0.1) is 0 Å². The van der Waals surface area contributed by atoms with Crippen LogP contribution >= 0.6 is 0 Å². The fourth-order valence-electron chi connectivity index (χ4n) is 2.24. The summed E-state index contributed by atoms with van der Waals surface area (Å²) in [5.74, 6) is -0.0530. The minimum Gasteiger partial charge on any atom is -0.349 e. The van der Waals surface area contributed by atoms with Gasteiger partial charge in [0, 0.05) is 30.4 Å². The number of benzene rings is 1. The molecule has 0 unspecified atom stereocenters. The molecule has 6 heteroatoms. The van der Waals surface area contributed by atoms with E-state index in [1.54, 1.807) is 24.3 Å². The highest BCUT2D eigenvalue weighted by atomic mass is 16.2. The van der Waals surface area contributed by atoms with E-state index in [2.05, 4.69) is 34.7 Å². The third-order valence-electron chi connectivity index (χ3n) is 3.93. The van der Waals surface area contributed by atoms with Gasteiger partial charge in [0.2, 0.25) is 0 Å². The Hall–Kier alpha value is -2.08. The van der Waals surface area contributed by atoms with Crippen LogP contribution in [0.5, 0.6) is 0 Å². The van der Waals surface area contributed by atoms with Crippen molar-refractivity contribution < 1.29 is 9.59 Å². The monoisotopic (exact) mass is 318 g/mol. The Morgan fingerprint density at radius 1 is 1.13 bits per heavy atom. The summed E-state index contributed by atoms with van der Waals surface area (Å²) >= 11 is 0. The molecule has 3 amide bonds. The molecule has 1 saturated carbocycles. The number of anilines is 1. The molecule has 2 rings (SSSR count). The molecule has 0 saturated heterocycles. The molecule has 1 aromatic carbocycles. The number of carbonyl (C=O) groups excluding carboxylic acids is 2. The number of urea groups is 1. The number of likely N-dealkylation sites (N-methyl/N-ethyl adjacent to an activating group) is 1. The Labute approximate surface area is 137 Å². The van der Waals surface area contributed by atoms with E-state index in [1.807, 2.05) is 0 Å². The third-order valence-corrected chi connectivity index (χ3v) is 3.93. The Morgan fingerprint density at radius 3 is 2.35 bits per heavy atom.